The van der Waals surface area contributed by atoms with Crippen LogP contribution >= 0.6 is 15.9 Å². The number of benzene rings is 1. The average molecular weight is 356 g/mol. The summed E-state index contributed by atoms with van der Waals surface area (Å²) < 4.78 is 10.7. The Kier molecular flexibility index (Phi) is 5.91. The summed E-state index contributed by atoms with van der Waals surface area (Å²) in [6.45, 7) is 4.45. The van der Waals surface area contributed by atoms with E-state index < -0.39 is 0 Å². The minimum atomic E-state index is -0.125. The first kappa shape index (κ1) is 16.1. The van der Waals surface area contributed by atoms with Gasteiger partial charge in [-0.3, -0.25) is 4.79 Å². The molecule has 0 radical (unpaired) electrons. The number of rotatable bonds is 7. The molecule has 1 aromatic rings. The molecule has 1 aromatic carbocycles. The molecule has 0 saturated heterocycles. The second-order valence-electron chi connectivity index (χ2n) is 5.19. The Balaban J connectivity index is 2.01. The molecule has 1 aliphatic heterocycles. The highest BCUT2D eigenvalue weighted by Gasteiger charge is 2.21. The minimum Gasteiger partial charge on any atom is -0.454 e. The maximum Gasteiger partial charge on any atom is 0.234 e. The number of halogens is 1. The number of carbonyl (C=O) groups is 1. The van der Waals surface area contributed by atoms with Gasteiger partial charge in [0.25, 0.3) is 0 Å². The molecule has 0 aromatic heterocycles. The number of unbranched alkanes of at least 4 members (excludes halogenated alkanes) is 1. The highest BCUT2D eigenvalue weighted by atomic mass is 79.9. The lowest BCUT2D eigenvalue weighted by Crippen LogP contribution is -2.34. The fraction of sp³-hybridized carbons (Fsp3) is 0.562. The van der Waals surface area contributed by atoms with Crippen LogP contribution in [0.1, 0.15) is 51.1 Å². The normalized spacial score (nSPS) is 15.6. The van der Waals surface area contributed by atoms with Gasteiger partial charge in [0.05, 0.1) is 10.9 Å². The predicted octanol–water partition coefficient (Wildman–Crippen LogP) is 3.94. The van der Waals surface area contributed by atoms with E-state index in [0.717, 1.165) is 42.7 Å². The molecule has 21 heavy (non-hydrogen) atoms. The Hall–Kier alpha value is -1.23. The van der Waals surface area contributed by atoms with Crippen molar-refractivity contribution in [1.29, 1.82) is 0 Å². The van der Waals surface area contributed by atoms with Crippen molar-refractivity contribution in [3.63, 3.8) is 0 Å². The molecular weight excluding hydrogens is 334 g/mol. The van der Waals surface area contributed by atoms with E-state index in [-0.39, 0.29) is 23.6 Å². The molecule has 2 rings (SSSR count). The van der Waals surface area contributed by atoms with Gasteiger partial charge in [-0.1, -0.05) is 48.7 Å². The summed E-state index contributed by atoms with van der Waals surface area (Å²) >= 11 is 3.47. The monoisotopic (exact) mass is 355 g/mol. The standard InChI is InChI=1S/C16H22BrNO3/c1-3-5-6-12(17)16(19)18-13(4-2)11-7-8-14-15(9-11)21-10-20-14/h7-9,12-13H,3-6,10H2,1-2H3,(H,18,19)/t12-,13+/m1/s1. The van der Waals surface area contributed by atoms with E-state index in [4.69, 9.17) is 9.47 Å². The van der Waals surface area contributed by atoms with Crippen LogP contribution in [0.25, 0.3) is 0 Å². The lowest BCUT2D eigenvalue weighted by molar-refractivity contribution is -0.121. The summed E-state index contributed by atoms with van der Waals surface area (Å²) in [5.74, 6) is 1.57. The quantitative estimate of drug-likeness (QED) is 0.753. The number of amides is 1. The first-order valence-electron chi connectivity index (χ1n) is 7.49. The molecule has 0 spiro atoms. The fourth-order valence-electron chi connectivity index (χ4n) is 2.33. The molecule has 0 bridgehead atoms. The van der Waals surface area contributed by atoms with Crippen molar-refractivity contribution in [2.24, 2.45) is 0 Å². The molecule has 0 unspecified atom stereocenters. The number of nitrogens with one attached hydrogen (secondary N) is 1. The molecule has 5 heteroatoms. The van der Waals surface area contributed by atoms with E-state index in [0.29, 0.717) is 0 Å². The lowest BCUT2D eigenvalue weighted by Gasteiger charge is -2.20. The Morgan fingerprint density at radius 1 is 1.33 bits per heavy atom. The zero-order valence-corrected chi connectivity index (χ0v) is 14.1. The fourth-order valence-corrected chi connectivity index (χ4v) is 2.78. The van der Waals surface area contributed by atoms with Gasteiger partial charge in [-0.15, -0.1) is 0 Å². The summed E-state index contributed by atoms with van der Waals surface area (Å²) in [4.78, 5) is 12.1. The summed E-state index contributed by atoms with van der Waals surface area (Å²) in [7, 11) is 0. The minimum absolute atomic E-state index is 0.00586. The van der Waals surface area contributed by atoms with E-state index >= 15 is 0 Å². The third-order valence-electron chi connectivity index (χ3n) is 3.62. The molecule has 0 fully saturated rings. The summed E-state index contributed by atoms with van der Waals surface area (Å²) in [6.07, 6.45) is 3.83. The first-order valence-corrected chi connectivity index (χ1v) is 8.41. The topological polar surface area (TPSA) is 47.6 Å². The van der Waals surface area contributed by atoms with Gasteiger partial charge in [0.1, 0.15) is 0 Å². The maximum atomic E-state index is 12.2. The number of hydrogen-bond acceptors (Lipinski definition) is 3. The van der Waals surface area contributed by atoms with Gasteiger partial charge in [-0.2, -0.15) is 0 Å². The van der Waals surface area contributed by atoms with Crippen LogP contribution in [0.4, 0.5) is 0 Å². The van der Waals surface area contributed by atoms with Gasteiger partial charge in [-0.25, -0.2) is 0 Å². The maximum absolute atomic E-state index is 12.2. The lowest BCUT2D eigenvalue weighted by atomic mass is 10.0. The Morgan fingerprint density at radius 2 is 2.10 bits per heavy atom. The molecule has 1 heterocycles. The first-order chi connectivity index (χ1) is 10.2. The SMILES string of the molecule is CCCC[C@@H](Br)C(=O)N[C@@H](CC)c1ccc2c(c1)OCO2. The summed E-state index contributed by atoms with van der Waals surface area (Å²) in [5, 5.41) is 3.10. The zero-order valence-electron chi connectivity index (χ0n) is 12.5. The van der Waals surface area contributed by atoms with E-state index in [1.165, 1.54) is 0 Å². The van der Waals surface area contributed by atoms with Gasteiger partial charge in [0.2, 0.25) is 12.7 Å². The van der Waals surface area contributed by atoms with Crippen molar-refractivity contribution in [2.75, 3.05) is 6.79 Å². The van der Waals surface area contributed by atoms with Crippen molar-refractivity contribution >= 4 is 21.8 Å². The second-order valence-corrected chi connectivity index (χ2v) is 6.30. The zero-order chi connectivity index (χ0) is 15.2. The van der Waals surface area contributed by atoms with Gasteiger partial charge in [-0.05, 0) is 30.5 Å². The molecule has 2 atom stereocenters. The number of alkyl halides is 1. The number of ether oxygens (including phenoxy) is 2. The van der Waals surface area contributed by atoms with Gasteiger partial charge >= 0.3 is 0 Å². The third kappa shape index (κ3) is 4.13. The van der Waals surface area contributed by atoms with Gasteiger partial charge in [0.15, 0.2) is 11.5 Å². The van der Waals surface area contributed by atoms with Crippen LogP contribution < -0.4 is 14.8 Å². The van der Waals surface area contributed by atoms with Crippen LogP contribution in [0.5, 0.6) is 11.5 Å². The Bertz CT molecular complexity index is 492. The summed E-state index contributed by atoms with van der Waals surface area (Å²) in [6, 6.07) is 5.83. The smallest absolute Gasteiger partial charge is 0.234 e. The second kappa shape index (κ2) is 7.69. The van der Waals surface area contributed by atoms with E-state index in [1.54, 1.807) is 0 Å². The molecular formula is C16H22BrNO3. The van der Waals surface area contributed by atoms with Crippen LogP contribution in [0.2, 0.25) is 0 Å². The number of carbonyl (C=O) groups excluding carboxylic acids is 1. The molecule has 1 aliphatic rings. The van der Waals surface area contributed by atoms with Gasteiger partial charge in [0, 0.05) is 0 Å². The predicted molar refractivity (Wildman–Crippen MR) is 86.0 cm³/mol. The van der Waals surface area contributed by atoms with Crippen molar-refractivity contribution in [3.8, 4) is 11.5 Å². The van der Waals surface area contributed by atoms with Crippen LogP contribution in [0.3, 0.4) is 0 Å². The molecule has 0 aliphatic carbocycles. The largest absolute Gasteiger partial charge is 0.454 e. The highest BCUT2D eigenvalue weighted by molar-refractivity contribution is 9.10. The third-order valence-corrected chi connectivity index (χ3v) is 4.49. The van der Waals surface area contributed by atoms with E-state index in [1.807, 2.05) is 18.2 Å². The highest BCUT2D eigenvalue weighted by Crippen LogP contribution is 2.34. The Morgan fingerprint density at radius 3 is 2.81 bits per heavy atom. The number of hydrogen-bond donors (Lipinski definition) is 1. The van der Waals surface area contributed by atoms with Crippen LogP contribution in [0.15, 0.2) is 18.2 Å². The van der Waals surface area contributed by atoms with E-state index in [2.05, 4.69) is 35.1 Å². The number of fused-ring (bicyclic) bond motifs is 1. The molecule has 4 nitrogen and oxygen atoms in total. The molecule has 1 N–H and O–H groups in total. The average Bonchev–Trinajstić information content (AvgIpc) is 2.97. The Labute approximate surface area is 134 Å². The molecule has 0 saturated carbocycles. The molecule has 116 valence electrons. The van der Waals surface area contributed by atoms with Crippen molar-refractivity contribution in [1.82, 2.24) is 5.32 Å². The van der Waals surface area contributed by atoms with Crippen molar-refractivity contribution in [3.05, 3.63) is 23.8 Å². The van der Waals surface area contributed by atoms with Crippen LogP contribution in [-0.4, -0.2) is 17.5 Å². The van der Waals surface area contributed by atoms with Crippen LogP contribution in [-0.2, 0) is 4.79 Å². The van der Waals surface area contributed by atoms with Crippen LogP contribution in [0, 0.1) is 0 Å². The van der Waals surface area contributed by atoms with E-state index in [9.17, 15) is 4.79 Å². The van der Waals surface area contributed by atoms with Crippen molar-refractivity contribution < 1.29 is 14.3 Å². The summed E-state index contributed by atoms with van der Waals surface area (Å²) in [5.41, 5.74) is 1.05. The van der Waals surface area contributed by atoms with Crippen molar-refractivity contribution in [2.45, 2.75) is 50.4 Å². The van der Waals surface area contributed by atoms with Gasteiger partial charge < -0.3 is 14.8 Å². The molecule has 1 amide bonds.